The third-order valence-corrected chi connectivity index (χ3v) is 9.63. The molecule has 0 unspecified atom stereocenters. The van der Waals surface area contributed by atoms with E-state index in [2.05, 4.69) is 4.98 Å². The van der Waals surface area contributed by atoms with E-state index in [1.54, 1.807) is 84.9 Å². The lowest BCUT2D eigenvalue weighted by atomic mass is 9.87. The van der Waals surface area contributed by atoms with Crippen molar-refractivity contribution in [2.45, 2.75) is 19.8 Å². The summed E-state index contributed by atoms with van der Waals surface area (Å²) < 4.78 is 5.52. The summed E-state index contributed by atoms with van der Waals surface area (Å²) in [4.78, 5) is 34.2. The average Bonchev–Trinajstić information content (AvgIpc) is 3.14. The molecule has 252 valence electrons. The highest BCUT2D eigenvalue weighted by Crippen LogP contribution is 2.40. The third-order valence-electron chi connectivity index (χ3n) is 8.90. The molecule has 0 amide bonds. The monoisotopic (exact) mass is 709 g/mol. The Balaban J connectivity index is 1.71. The number of aromatic nitrogens is 5. The van der Waals surface area contributed by atoms with Crippen LogP contribution in [0.5, 0.6) is 11.8 Å². The van der Waals surface area contributed by atoms with Crippen LogP contribution in [-0.4, -0.2) is 33.5 Å². The Kier molecular flexibility index (Phi) is 8.90. The van der Waals surface area contributed by atoms with Crippen LogP contribution < -0.4 is 11.1 Å². The Hall–Kier alpha value is -6.17. The Morgan fingerprint density at radius 3 is 1.29 bits per heavy atom. The van der Waals surface area contributed by atoms with E-state index in [0.29, 0.717) is 28.3 Å². The van der Waals surface area contributed by atoms with Crippen LogP contribution in [0.4, 0.5) is 0 Å². The normalized spacial score (nSPS) is 11.2. The van der Waals surface area contributed by atoms with E-state index in [9.17, 15) is 10.2 Å². The second-order valence-electron chi connectivity index (χ2n) is 11.9. The van der Waals surface area contributed by atoms with Crippen molar-refractivity contribution in [3.05, 3.63) is 192 Å². The van der Waals surface area contributed by atoms with Crippen LogP contribution in [-0.2, 0) is 0 Å². The van der Waals surface area contributed by atoms with Gasteiger partial charge in [0, 0.05) is 12.4 Å². The van der Waals surface area contributed by atoms with Gasteiger partial charge in [-0.05, 0) is 104 Å². The Morgan fingerprint density at radius 2 is 0.902 bits per heavy atom. The molecule has 9 nitrogen and oxygen atoms in total. The molecule has 0 saturated carbocycles. The molecule has 11 heteroatoms. The summed E-state index contributed by atoms with van der Waals surface area (Å²) in [6.07, 6.45) is 3.05. The highest BCUT2D eigenvalue weighted by molar-refractivity contribution is 7.71. The van der Waals surface area contributed by atoms with Crippen LogP contribution in [0.3, 0.4) is 0 Å². The van der Waals surface area contributed by atoms with Gasteiger partial charge in [-0.2, -0.15) is 0 Å². The molecule has 0 aliphatic heterocycles. The summed E-state index contributed by atoms with van der Waals surface area (Å²) in [6.45, 7) is 3.73. The molecule has 0 spiro atoms. The first-order chi connectivity index (χ1) is 24.7. The first kappa shape index (κ1) is 33.3. The Morgan fingerprint density at radius 1 is 0.529 bits per heavy atom. The minimum Gasteiger partial charge on any atom is -0.494 e. The standard InChI is InChI=1S/C40H31N5O4S2/c1-25-13-9-11-19-30(25)44-37(48)33(35(46)42(39(44)50)28-15-5-3-6-16-28)32(27-21-23-41-24-22-27)34-36(47)43(29-17-7-4-8-18-29)40(51)45(38(34)49)31-20-12-10-14-26(31)2/h3-24,32,48-49H,1-2H3. The third kappa shape index (κ3) is 5.72. The number of benzene rings is 4. The van der Waals surface area contributed by atoms with Gasteiger partial charge in [-0.15, -0.1) is 0 Å². The summed E-state index contributed by atoms with van der Waals surface area (Å²) in [5.74, 6) is -2.30. The predicted octanol–water partition coefficient (Wildman–Crippen LogP) is 7.63. The molecule has 3 aromatic heterocycles. The minimum atomic E-state index is -1.34. The van der Waals surface area contributed by atoms with Crippen LogP contribution in [0, 0.1) is 23.4 Å². The van der Waals surface area contributed by atoms with Crippen LogP contribution in [0.25, 0.3) is 22.7 Å². The van der Waals surface area contributed by atoms with Gasteiger partial charge in [-0.25, -0.2) is 0 Å². The van der Waals surface area contributed by atoms with Crippen molar-refractivity contribution >= 4 is 24.4 Å². The molecule has 3 heterocycles. The molecular formula is C40H31N5O4S2. The second-order valence-corrected chi connectivity index (χ2v) is 12.7. The lowest BCUT2D eigenvalue weighted by molar-refractivity contribution is 0.410. The number of aromatic hydroxyl groups is 2. The van der Waals surface area contributed by atoms with E-state index in [0.717, 1.165) is 11.1 Å². The van der Waals surface area contributed by atoms with E-state index >= 15 is 9.59 Å². The zero-order valence-electron chi connectivity index (χ0n) is 27.5. The molecule has 0 aliphatic carbocycles. The van der Waals surface area contributed by atoms with Crippen molar-refractivity contribution in [3.8, 4) is 34.5 Å². The maximum Gasteiger partial charge on any atom is 0.266 e. The maximum absolute atomic E-state index is 15.0. The molecule has 0 fully saturated rings. The number of aryl methyl sites for hydroxylation is 2. The SMILES string of the molecule is Cc1ccccc1-n1c(O)c(C(c2ccncc2)c2c(O)n(-c3ccccc3C)c(=S)n(-c3ccccc3)c2=O)c(=O)n(-c2ccccc2)c1=S. The lowest BCUT2D eigenvalue weighted by Crippen LogP contribution is -2.34. The van der Waals surface area contributed by atoms with Crippen LogP contribution in [0.2, 0.25) is 0 Å². The summed E-state index contributed by atoms with van der Waals surface area (Å²) in [5.41, 5.74) is 2.18. The van der Waals surface area contributed by atoms with Gasteiger partial charge >= 0.3 is 0 Å². The van der Waals surface area contributed by atoms with Crippen molar-refractivity contribution in [2.24, 2.45) is 0 Å². The van der Waals surface area contributed by atoms with Crippen LogP contribution >= 0.6 is 24.4 Å². The first-order valence-corrected chi connectivity index (χ1v) is 16.9. The van der Waals surface area contributed by atoms with Gasteiger partial charge in [0.05, 0.1) is 39.8 Å². The van der Waals surface area contributed by atoms with Crippen molar-refractivity contribution in [2.75, 3.05) is 0 Å². The molecule has 0 bridgehead atoms. The summed E-state index contributed by atoms with van der Waals surface area (Å²) >= 11 is 11.9. The number of hydrogen-bond acceptors (Lipinski definition) is 7. The fourth-order valence-corrected chi connectivity index (χ4v) is 7.19. The molecule has 4 aromatic carbocycles. The molecular weight excluding hydrogens is 679 g/mol. The molecule has 0 radical (unpaired) electrons. The maximum atomic E-state index is 15.0. The molecule has 0 saturated heterocycles. The van der Waals surface area contributed by atoms with Gasteiger partial charge in [0.1, 0.15) is 0 Å². The highest BCUT2D eigenvalue weighted by atomic mass is 32.1. The largest absolute Gasteiger partial charge is 0.494 e. The summed E-state index contributed by atoms with van der Waals surface area (Å²) in [6, 6.07) is 35.6. The zero-order valence-corrected chi connectivity index (χ0v) is 29.2. The van der Waals surface area contributed by atoms with Gasteiger partial charge in [0.2, 0.25) is 11.8 Å². The van der Waals surface area contributed by atoms with E-state index < -0.39 is 28.8 Å². The van der Waals surface area contributed by atoms with Crippen molar-refractivity contribution in [3.63, 3.8) is 0 Å². The Labute approximate surface area is 302 Å². The van der Waals surface area contributed by atoms with Gasteiger partial charge in [0.25, 0.3) is 11.1 Å². The number of rotatable bonds is 7. The fourth-order valence-electron chi connectivity index (χ4n) is 6.44. The van der Waals surface area contributed by atoms with E-state index in [1.807, 2.05) is 50.2 Å². The van der Waals surface area contributed by atoms with Crippen LogP contribution in [0.15, 0.2) is 143 Å². The second kappa shape index (κ2) is 13.6. The smallest absolute Gasteiger partial charge is 0.266 e. The molecule has 51 heavy (non-hydrogen) atoms. The summed E-state index contributed by atoms with van der Waals surface area (Å²) in [5, 5.41) is 24.8. The van der Waals surface area contributed by atoms with E-state index in [4.69, 9.17) is 24.4 Å². The minimum absolute atomic E-state index is 0.0111. The topological polar surface area (TPSA) is 107 Å². The van der Waals surface area contributed by atoms with Crippen LogP contribution in [0.1, 0.15) is 33.7 Å². The molecule has 2 N–H and O–H groups in total. The highest BCUT2D eigenvalue weighted by Gasteiger charge is 2.35. The molecule has 7 rings (SSSR count). The average molecular weight is 710 g/mol. The van der Waals surface area contributed by atoms with Crippen molar-refractivity contribution in [1.82, 2.24) is 23.3 Å². The fraction of sp³-hybridized carbons (Fsp3) is 0.0750. The first-order valence-electron chi connectivity index (χ1n) is 16.0. The lowest BCUT2D eigenvalue weighted by Gasteiger charge is -2.26. The molecule has 0 atom stereocenters. The van der Waals surface area contributed by atoms with Gasteiger partial charge in [-0.1, -0.05) is 72.8 Å². The van der Waals surface area contributed by atoms with Gasteiger partial charge in [0.15, 0.2) is 9.54 Å². The van der Waals surface area contributed by atoms with Crippen molar-refractivity contribution < 1.29 is 10.2 Å². The summed E-state index contributed by atoms with van der Waals surface area (Å²) in [7, 11) is 0. The van der Waals surface area contributed by atoms with E-state index in [1.165, 1.54) is 30.7 Å². The Bertz CT molecular complexity index is 2500. The zero-order chi connectivity index (χ0) is 35.8. The molecule has 7 aromatic rings. The van der Waals surface area contributed by atoms with Crippen molar-refractivity contribution in [1.29, 1.82) is 0 Å². The number of nitrogens with zero attached hydrogens (tertiary/aromatic N) is 5. The number of hydrogen-bond donors (Lipinski definition) is 2. The predicted molar refractivity (Wildman–Crippen MR) is 202 cm³/mol. The molecule has 0 aliphatic rings. The van der Waals surface area contributed by atoms with Gasteiger partial charge < -0.3 is 10.2 Å². The quantitative estimate of drug-likeness (QED) is 0.164. The number of para-hydroxylation sites is 4. The number of pyridine rings is 1. The van der Waals surface area contributed by atoms with E-state index in [-0.39, 0.29) is 20.7 Å². The van der Waals surface area contributed by atoms with Gasteiger partial charge in [-0.3, -0.25) is 32.8 Å².